The second-order valence-electron chi connectivity index (χ2n) is 3.94. The van der Waals surface area contributed by atoms with E-state index in [1.807, 2.05) is 36.4 Å². The van der Waals surface area contributed by atoms with Gasteiger partial charge in [0.1, 0.15) is 16.9 Å². The average molecular weight is 274 g/mol. The maximum atomic E-state index is 10.0. The Balaban J connectivity index is 2.06. The fourth-order valence-electron chi connectivity index (χ4n) is 1.64. The van der Waals surface area contributed by atoms with E-state index in [1.54, 1.807) is 6.07 Å². The molecule has 0 spiro atoms. The molecule has 1 aromatic carbocycles. The summed E-state index contributed by atoms with van der Waals surface area (Å²) in [5.74, 6) is 0.399. The Kier molecular flexibility index (Phi) is 4.35. The number of hydrogen-bond acceptors (Lipinski definition) is 4. The Labute approximate surface area is 116 Å². The zero-order chi connectivity index (χ0) is 13.7. The third-order valence-corrected chi connectivity index (χ3v) is 3.04. The van der Waals surface area contributed by atoms with Crippen molar-refractivity contribution in [2.75, 3.05) is 11.9 Å². The lowest BCUT2D eigenvalue weighted by atomic mass is 10.1. The quantitative estimate of drug-likeness (QED) is 0.899. The molecule has 5 heteroatoms. The summed E-state index contributed by atoms with van der Waals surface area (Å²) >= 11 is 6.01. The number of benzene rings is 1. The minimum Gasteiger partial charge on any atom is -0.387 e. The van der Waals surface area contributed by atoms with Crippen LogP contribution in [-0.2, 0) is 0 Å². The van der Waals surface area contributed by atoms with E-state index in [4.69, 9.17) is 16.9 Å². The number of pyridine rings is 1. The summed E-state index contributed by atoms with van der Waals surface area (Å²) < 4.78 is 0. The average Bonchev–Trinajstić information content (AvgIpc) is 2.47. The van der Waals surface area contributed by atoms with E-state index < -0.39 is 6.10 Å². The molecule has 0 aliphatic heterocycles. The fraction of sp³-hybridized carbons (Fsp3) is 0.143. The van der Waals surface area contributed by atoms with Crippen molar-refractivity contribution in [3.8, 4) is 6.07 Å². The van der Waals surface area contributed by atoms with Gasteiger partial charge in [0.25, 0.3) is 0 Å². The van der Waals surface area contributed by atoms with Crippen molar-refractivity contribution >= 4 is 17.4 Å². The topological polar surface area (TPSA) is 68.9 Å². The SMILES string of the molecule is N#Cc1ccnc(NCC(O)c2ccccc2)c1Cl. The fourth-order valence-corrected chi connectivity index (χ4v) is 1.86. The van der Waals surface area contributed by atoms with Gasteiger partial charge in [-0.1, -0.05) is 41.9 Å². The molecule has 0 radical (unpaired) electrons. The first-order valence-corrected chi connectivity index (χ1v) is 6.11. The second-order valence-corrected chi connectivity index (χ2v) is 4.32. The zero-order valence-corrected chi connectivity index (χ0v) is 10.8. The van der Waals surface area contributed by atoms with Crippen molar-refractivity contribution in [2.45, 2.75) is 6.10 Å². The van der Waals surface area contributed by atoms with Crippen LogP contribution in [0.3, 0.4) is 0 Å². The van der Waals surface area contributed by atoms with Crippen LogP contribution >= 0.6 is 11.6 Å². The van der Waals surface area contributed by atoms with Gasteiger partial charge in [-0.05, 0) is 11.6 Å². The van der Waals surface area contributed by atoms with Crippen LogP contribution in [0.5, 0.6) is 0 Å². The van der Waals surface area contributed by atoms with Crippen molar-refractivity contribution in [1.82, 2.24) is 4.98 Å². The Morgan fingerprint density at radius 3 is 2.74 bits per heavy atom. The van der Waals surface area contributed by atoms with Crippen molar-refractivity contribution in [3.63, 3.8) is 0 Å². The predicted octanol–water partition coefficient (Wildman–Crippen LogP) is 2.75. The van der Waals surface area contributed by atoms with Gasteiger partial charge in [-0.15, -0.1) is 0 Å². The zero-order valence-electron chi connectivity index (χ0n) is 10.0. The van der Waals surface area contributed by atoms with Crippen LogP contribution in [0, 0.1) is 11.3 Å². The summed E-state index contributed by atoms with van der Waals surface area (Å²) in [6.45, 7) is 0.269. The van der Waals surface area contributed by atoms with Gasteiger partial charge in [0.15, 0.2) is 0 Å². The highest BCUT2D eigenvalue weighted by molar-refractivity contribution is 6.34. The number of anilines is 1. The van der Waals surface area contributed by atoms with Crippen LogP contribution in [0.25, 0.3) is 0 Å². The highest BCUT2D eigenvalue weighted by Gasteiger charge is 2.10. The highest BCUT2D eigenvalue weighted by atomic mass is 35.5. The standard InChI is InChI=1S/C14H12ClN3O/c15-13-11(8-16)6-7-17-14(13)18-9-12(19)10-4-2-1-3-5-10/h1-7,12,19H,9H2,(H,17,18). The van der Waals surface area contributed by atoms with Crippen molar-refractivity contribution in [2.24, 2.45) is 0 Å². The van der Waals surface area contributed by atoms with E-state index >= 15 is 0 Å². The molecule has 4 nitrogen and oxygen atoms in total. The highest BCUT2D eigenvalue weighted by Crippen LogP contribution is 2.23. The van der Waals surface area contributed by atoms with Crippen LogP contribution in [0.4, 0.5) is 5.82 Å². The normalized spacial score (nSPS) is 11.6. The first-order chi connectivity index (χ1) is 9.22. The maximum Gasteiger partial charge on any atom is 0.146 e. The van der Waals surface area contributed by atoms with Gasteiger partial charge in [0.05, 0.1) is 11.7 Å². The Morgan fingerprint density at radius 2 is 2.05 bits per heavy atom. The minimum absolute atomic E-state index is 0.269. The molecular formula is C14H12ClN3O. The molecule has 1 aromatic heterocycles. The molecule has 1 unspecified atom stereocenters. The lowest BCUT2D eigenvalue weighted by molar-refractivity contribution is 0.191. The Hall–Kier alpha value is -2.09. The van der Waals surface area contributed by atoms with Crippen LogP contribution in [-0.4, -0.2) is 16.6 Å². The number of rotatable bonds is 4. The van der Waals surface area contributed by atoms with E-state index in [0.717, 1.165) is 5.56 Å². The predicted molar refractivity (Wildman–Crippen MR) is 73.9 cm³/mol. The monoisotopic (exact) mass is 273 g/mol. The number of nitrogens with zero attached hydrogens (tertiary/aromatic N) is 2. The van der Waals surface area contributed by atoms with E-state index in [2.05, 4.69) is 10.3 Å². The largest absolute Gasteiger partial charge is 0.387 e. The molecule has 96 valence electrons. The van der Waals surface area contributed by atoms with Gasteiger partial charge in [-0.25, -0.2) is 4.98 Å². The third-order valence-electron chi connectivity index (χ3n) is 2.66. The van der Waals surface area contributed by atoms with Gasteiger partial charge in [0, 0.05) is 12.7 Å². The first-order valence-electron chi connectivity index (χ1n) is 5.74. The molecule has 19 heavy (non-hydrogen) atoms. The smallest absolute Gasteiger partial charge is 0.146 e. The number of nitriles is 1. The summed E-state index contributed by atoms with van der Waals surface area (Å²) in [5, 5.41) is 22.1. The van der Waals surface area contributed by atoms with Crippen molar-refractivity contribution in [3.05, 3.63) is 58.7 Å². The first kappa shape index (κ1) is 13.3. The number of halogens is 1. The number of nitrogens with one attached hydrogen (secondary N) is 1. The molecule has 2 rings (SSSR count). The molecule has 0 saturated carbocycles. The van der Waals surface area contributed by atoms with Gasteiger partial charge < -0.3 is 10.4 Å². The van der Waals surface area contributed by atoms with Crippen LogP contribution in [0.15, 0.2) is 42.6 Å². The molecule has 0 aliphatic rings. The lowest BCUT2D eigenvalue weighted by Gasteiger charge is -2.13. The molecule has 0 amide bonds. The maximum absolute atomic E-state index is 10.0. The minimum atomic E-state index is -0.662. The van der Waals surface area contributed by atoms with E-state index in [9.17, 15) is 5.11 Å². The lowest BCUT2D eigenvalue weighted by Crippen LogP contribution is -2.13. The van der Waals surface area contributed by atoms with Gasteiger partial charge in [-0.2, -0.15) is 5.26 Å². The van der Waals surface area contributed by atoms with E-state index in [0.29, 0.717) is 11.4 Å². The molecular weight excluding hydrogens is 262 g/mol. The number of hydrogen-bond donors (Lipinski definition) is 2. The molecule has 2 N–H and O–H groups in total. The second kappa shape index (κ2) is 6.19. The number of aromatic nitrogens is 1. The van der Waals surface area contributed by atoms with E-state index in [1.165, 1.54) is 6.20 Å². The van der Waals surface area contributed by atoms with Crippen LogP contribution in [0.1, 0.15) is 17.2 Å². The molecule has 1 atom stereocenters. The van der Waals surface area contributed by atoms with Gasteiger partial charge in [-0.3, -0.25) is 0 Å². The molecule has 1 heterocycles. The summed E-state index contributed by atoms with van der Waals surface area (Å²) in [4.78, 5) is 4.05. The molecule has 0 bridgehead atoms. The van der Waals surface area contributed by atoms with Gasteiger partial charge >= 0.3 is 0 Å². The summed E-state index contributed by atoms with van der Waals surface area (Å²) in [5.41, 5.74) is 1.16. The Bertz CT molecular complexity index is 595. The van der Waals surface area contributed by atoms with E-state index in [-0.39, 0.29) is 11.6 Å². The van der Waals surface area contributed by atoms with Gasteiger partial charge in [0.2, 0.25) is 0 Å². The summed E-state index contributed by atoms with van der Waals surface area (Å²) in [6.07, 6.45) is 0.839. The Morgan fingerprint density at radius 1 is 1.32 bits per heavy atom. The molecule has 0 fully saturated rings. The number of aliphatic hydroxyl groups is 1. The van der Waals surface area contributed by atoms with Crippen LogP contribution < -0.4 is 5.32 Å². The summed E-state index contributed by atoms with van der Waals surface area (Å²) in [7, 11) is 0. The third kappa shape index (κ3) is 3.22. The summed E-state index contributed by atoms with van der Waals surface area (Å²) in [6, 6.07) is 12.8. The van der Waals surface area contributed by atoms with Crippen molar-refractivity contribution in [1.29, 1.82) is 5.26 Å². The molecule has 2 aromatic rings. The molecule has 0 saturated heterocycles. The number of aliphatic hydroxyl groups excluding tert-OH is 1. The van der Waals surface area contributed by atoms with Crippen LogP contribution in [0.2, 0.25) is 5.02 Å². The molecule has 0 aliphatic carbocycles. The van der Waals surface area contributed by atoms with Crippen molar-refractivity contribution < 1.29 is 5.11 Å².